The fourth-order valence-electron chi connectivity index (χ4n) is 8.10. The van der Waals surface area contributed by atoms with Gasteiger partial charge < -0.3 is 48.3 Å². The third-order valence-corrected chi connectivity index (χ3v) is 15.2. The summed E-state index contributed by atoms with van der Waals surface area (Å²) >= 11 is 0. The molecule has 8 aromatic rings. The van der Waals surface area contributed by atoms with E-state index in [0.29, 0.717) is 68.8 Å². The van der Waals surface area contributed by atoms with Crippen molar-refractivity contribution in [2.75, 3.05) is 52.4 Å². The number of rotatable bonds is 24. The molecule has 0 aliphatic carbocycles. The molecule has 0 aliphatic heterocycles. The lowest BCUT2D eigenvalue weighted by molar-refractivity contribution is 0.0682. The molecular formula is C59H66N4O12P2. The SMILES string of the molecule is CCN(CC)CCNP(=O)(Oc1ccccc1)Oc1ccccc1.CCN(CC)CCNP(=O)(Oc1ccccc1)Oc1ccccc1.O=C(O)c1cc2ccccc2c(Cc2c(O)c(C(=O)O)cc3ccccc23)c1O. The Labute approximate surface area is 449 Å². The Bertz CT molecular complexity index is 2930. The minimum Gasteiger partial charge on any atom is -0.507 e. The van der Waals surface area contributed by atoms with E-state index in [2.05, 4.69) is 47.7 Å². The molecule has 0 unspecified atom stereocenters. The molecule has 77 heavy (non-hydrogen) atoms. The van der Waals surface area contributed by atoms with E-state index in [-0.39, 0.29) is 17.5 Å². The van der Waals surface area contributed by atoms with Crippen LogP contribution >= 0.6 is 15.5 Å². The average molecular weight is 1090 g/mol. The van der Waals surface area contributed by atoms with Crippen LogP contribution in [-0.4, -0.2) is 94.5 Å². The maximum absolute atomic E-state index is 13.1. The van der Waals surface area contributed by atoms with Gasteiger partial charge in [0.2, 0.25) is 0 Å². The number of carbonyl (C=O) groups is 2. The zero-order valence-electron chi connectivity index (χ0n) is 43.5. The third kappa shape index (κ3) is 17.2. The Morgan fingerprint density at radius 2 is 0.714 bits per heavy atom. The number of likely N-dealkylation sites (N-methyl/N-ethyl adjacent to an activating group) is 2. The van der Waals surface area contributed by atoms with Crippen molar-refractivity contribution in [2.24, 2.45) is 0 Å². The highest BCUT2D eigenvalue weighted by Crippen LogP contribution is 2.46. The van der Waals surface area contributed by atoms with Crippen LogP contribution in [-0.2, 0) is 15.6 Å². The van der Waals surface area contributed by atoms with Crippen LogP contribution in [0.25, 0.3) is 21.5 Å². The summed E-state index contributed by atoms with van der Waals surface area (Å²) in [5.74, 6) is -1.33. The number of hydrogen-bond donors (Lipinski definition) is 6. The molecule has 0 fully saturated rings. The average Bonchev–Trinajstić information content (AvgIpc) is 3.45. The number of carboxylic acids is 2. The molecule has 18 heteroatoms. The van der Waals surface area contributed by atoms with Crippen molar-refractivity contribution in [1.82, 2.24) is 20.0 Å². The van der Waals surface area contributed by atoms with E-state index in [9.17, 15) is 39.1 Å². The fourth-order valence-corrected chi connectivity index (χ4v) is 10.8. The van der Waals surface area contributed by atoms with E-state index in [1.54, 1.807) is 97.1 Å². The van der Waals surface area contributed by atoms with Gasteiger partial charge in [-0.25, -0.2) is 18.7 Å². The number of carboxylic acid groups (broad SMARTS) is 2. The molecule has 0 aromatic heterocycles. The van der Waals surface area contributed by atoms with E-state index in [1.165, 1.54) is 12.1 Å². The number of phenols is 2. The quantitative estimate of drug-likeness (QED) is 0.0310. The summed E-state index contributed by atoms with van der Waals surface area (Å²) < 4.78 is 48.9. The second-order valence-electron chi connectivity index (χ2n) is 17.2. The first kappa shape index (κ1) is 58.6. The Morgan fingerprint density at radius 3 is 0.987 bits per heavy atom. The fraction of sp³-hybridized carbons (Fsp3) is 0.220. The Kier molecular flexibility index (Phi) is 22.1. The van der Waals surface area contributed by atoms with Crippen LogP contribution in [0.15, 0.2) is 182 Å². The summed E-state index contributed by atoms with van der Waals surface area (Å²) in [4.78, 5) is 27.7. The maximum atomic E-state index is 13.1. The normalized spacial score (nSPS) is 11.3. The van der Waals surface area contributed by atoms with Gasteiger partial charge in [0, 0.05) is 43.7 Å². The van der Waals surface area contributed by atoms with E-state index >= 15 is 0 Å². The number of hydrogen-bond acceptors (Lipinski definition) is 12. The number of para-hydroxylation sites is 4. The van der Waals surface area contributed by atoms with Gasteiger partial charge in [-0.3, -0.25) is 0 Å². The molecule has 0 heterocycles. The zero-order valence-corrected chi connectivity index (χ0v) is 45.3. The van der Waals surface area contributed by atoms with Gasteiger partial charge in [-0.2, -0.15) is 10.2 Å². The summed E-state index contributed by atoms with van der Waals surface area (Å²) in [5.41, 5.74) is 0.112. The second kappa shape index (κ2) is 29.0. The van der Waals surface area contributed by atoms with Gasteiger partial charge in [0.1, 0.15) is 45.6 Å². The number of aromatic carboxylic acids is 2. The summed E-state index contributed by atoms with van der Waals surface area (Å²) in [6, 6.07) is 53.0. The van der Waals surface area contributed by atoms with Crippen LogP contribution in [0.3, 0.4) is 0 Å². The van der Waals surface area contributed by atoms with Crippen LogP contribution in [0.4, 0.5) is 0 Å². The summed E-state index contributed by atoms with van der Waals surface area (Å²) in [5, 5.41) is 48.7. The molecule has 0 radical (unpaired) electrons. The minimum absolute atomic E-state index is 0.0407. The van der Waals surface area contributed by atoms with Crippen molar-refractivity contribution in [3.63, 3.8) is 0 Å². The lowest BCUT2D eigenvalue weighted by Gasteiger charge is -2.23. The number of nitrogens with zero attached hydrogens (tertiary/aromatic N) is 2. The number of nitrogens with one attached hydrogen (secondary N) is 2. The molecule has 0 bridgehead atoms. The van der Waals surface area contributed by atoms with Gasteiger partial charge in [0.25, 0.3) is 0 Å². The van der Waals surface area contributed by atoms with Gasteiger partial charge >= 0.3 is 27.4 Å². The van der Waals surface area contributed by atoms with E-state index in [1.807, 2.05) is 72.8 Å². The molecule has 8 rings (SSSR count). The molecule has 16 nitrogen and oxygen atoms in total. The molecule has 0 atom stereocenters. The second-order valence-corrected chi connectivity index (χ2v) is 20.6. The molecule has 0 aliphatic rings. The standard InChI is InChI=1S/C23H16O6.2C18H25N2O3P/c24-20-16(14-7-3-1-5-12(14)9-18(20)22(26)27)11-17-15-8-4-2-6-13(15)10-19(21(17)25)23(28)29;2*1-3-20(4-2)16-15-19-24(21,22-17-11-7-5-8-12-17)23-18-13-9-6-10-14-18/h1-10,24-25H,11H2,(H,26,27)(H,28,29);2*5-14H,3-4,15-16H2,1-2H3,(H,19,21). The van der Waals surface area contributed by atoms with Crippen LogP contribution in [0, 0.1) is 0 Å². The Hall–Kier alpha value is -7.68. The first-order valence-corrected chi connectivity index (χ1v) is 28.3. The molecular weight excluding hydrogens is 1020 g/mol. The zero-order chi connectivity index (χ0) is 55.2. The van der Waals surface area contributed by atoms with Crippen LogP contribution in [0.5, 0.6) is 34.5 Å². The highest BCUT2D eigenvalue weighted by Gasteiger charge is 2.30. The van der Waals surface area contributed by atoms with E-state index in [4.69, 9.17) is 18.1 Å². The van der Waals surface area contributed by atoms with Crippen LogP contribution in [0.1, 0.15) is 59.5 Å². The highest BCUT2D eigenvalue weighted by molar-refractivity contribution is 7.52. The van der Waals surface area contributed by atoms with Gasteiger partial charge in [0.05, 0.1) is 0 Å². The minimum atomic E-state index is -3.52. The lowest BCUT2D eigenvalue weighted by atomic mass is 9.90. The van der Waals surface area contributed by atoms with Gasteiger partial charge in [-0.05, 0) is 108 Å². The smallest absolute Gasteiger partial charge is 0.507 e. The number of fused-ring (bicyclic) bond motifs is 2. The topological polar surface area (TPSA) is 217 Å². The molecule has 0 amide bonds. The molecule has 6 N–H and O–H groups in total. The van der Waals surface area contributed by atoms with Gasteiger partial charge in [-0.15, -0.1) is 0 Å². The van der Waals surface area contributed by atoms with Crippen molar-refractivity contribution in [3.05, 3.63) is 204 Å². The largest absolute Gasteiger partial charge is 0.512 e. The third-order valence-electron chi connectivity index (χ3n) is 12.2. The van der Waals surface area contributed by atoms with Crippen molar-refractivity contribution in [1.29, 1.82) is 0 Å². The Morgan fingerprint density at radius 1 is 0.442 bits per heavy atom. The number of aromatic hydroxyl groups is 2. The van der Waals surface area contributed by atoms with Crippen LogP contribution in [0.2, 0.25) is 0 Å². The van der Waals surface area contributed by atoms with E-state index in [0.717, 1.165) is 39.3 Å². The summed E-state index contributed by atoms with van der Waals surface area (Å²) in [6.07, 6.45) is -0.0407. The molecule has 0 spiro atoms. The monoisotopic (exact) mass is 1080 g/mol. The highest BCUT2D eigenvalue weighted by atomic mass is 31.2. The molecule has 0 saturated heterocycles. The first-order valence-electron chi connectivity index (χ1n) is 25.3. The number of benzene rings is 8. The van der Waals surface area contributed by atoms with Crippen molar-refractivity contribution in [2.45, 2.75) is 34.1 Å². The van der Waals surface area contributed by atoms with Crippen molar-refractivity contribution in [3.8, 4) is 34.5 Å². The van der Waals surface area contributed by atoms with Crippen molar-refractivity contribution < 1.29 is 57.2 Å². The summed E-state index contributed by atoms with van der Waals surface area (Å²) in [7, 11) is -7.03. The van der Waals surface area contributed by atoms with E-state index < -0.39 is 38.9 Å². The van der Waals surface area contributed by atoms with Gasteiger partial charge in [-0.1, -0.05) is 149 Å². The maximum Gasteiger partial charge on any atom is 0.512 e. The predicted octanol–water partition coefficient (Wildman–Crippen LogP) is 12.8. The van der Waals surface area contributed by atoms with Gasteiger partial charge in [0.15, 0.2) is 0 Å². The van der Waals surface area contributed by atoms with Crippen LogP contribution < -0.4 is 28.3 Å². The predicted molar refractivity (Wildman–Crippen MR) is 303 cm³/mol. The first-order chi connectivity index (χ1) is 37.2. The molecule has 0 saturated carbocycles. The van der Waals surface area contributed by atoms with Crippen molar-refractivity contribution >= 4 is 49.0 Å². The Balaban J connectivity index is 0.000000189. The molecule has 404 valence electrons. The summed E-state index contributed by atoms with van der Waals surface area (Å²) in [6.45, 7) is 14.8. The molecule has 8 aromatic carbocycles. The lowest BCUT2D eigenvalue weighted by Crippen LogP contribution is -2.32.